The molecule has 0 aliphatic heterocycles. The maximum absolute atomic E-state index is 14.5. The number of amides is 1. The Morgan fingerprint density at radius 3 is 2.44 bits per heavy atom. The molecule has 0 aliphatic carbocycles. The van der Waals surface area contributed by atoms with E-state index < -0.39 is 27.7 Å². The minimum Gasteiger partial charge on any atom is -0.481 e. The van der Waals surface area contributed by atoms with Crippen LogP contribution in [0.1, 0.15) is 41.3 Å². The van der Waals surface area contributed by atoms with Crippen LogP contribution in [0.2, 0.25) is 5.02 Å². The third-order valence-corrected chi connectivity index (χ3v) is 7.05. The molecule has 190 valence electrons. The predicted molar refractivity (Wildman–Crippen MR) is 132 cm³/mol. The highest BCUT2D eigenvalue weighted by Gasteiger charge is 2.24. The van der Waals surface area contributed by atoms with Gasteiger partial charge < -0.3 is 9.47 Å². The first-order valence-electron chi connectivity index (χ1n) is 10.7. The molecule has 3 rings (SSSR count). The van der Waals surface area contributed by atoms with Crippen LogP contribution >= 0.6 is 11.6 Å². The maximum atomic E-state index is 14.5. The number of hydrogen-bond acceptors (Lipinski definition) is 7. The van der Waals surface area contributed by atoms with E-state index in [4.69, 9.17) is 16.3 Å². The van der Waals surface area contributed by atoms with Crippen molar-refractivity contribution in [1.82, 2.24) is 9.71 Å². The van der Waals surface area contributed by atoms with Crippen LogP contribution in [0.4, 0.5) is 4.39 Å². The fourth-order valence-electron chi connectivity index (χ4n) is 3.66. The largest absolute Gasteiger partial charge is 0.481 e. The molecule has 0 bridgehead atoms. The number of carbonyl (C=O) groups excluding carboxylic acids is 2. The molecule has 0 spiro atoms. The van der Waals surface area contributed by atoms with Gasteiger partial charge in [0.15, 0.2) is 0 Å². The first-order chi connectivity index (χ1) is 17.0. The molecule has 0 saturated heterocycles. The number of carbonyl (C=O) groups is 2. The first-order valence-corrected chi connectivity index (χ1v) is 12.6. The quantitative estimate of drug-likeness (QED) is 0.423. The number of methoxy groups -OCH3 is 2. The smallest absolute Gasteiger partial charge is 0.339 e. The Morgan fingerprint density at radius 1 is 1.11 bits per heavy atom. The van der Waals surface area contributed by atoms with Crippen molar-refractivity contribution >= 4 is 33.5 Å². The van der Waals surface area contributed by atoms with E-state index >= 15 is 0 Å². The van der Waals surface area contributed by atoms with Gasteiger partial charge >= 0.3 is 5.97 Å². The minimum absolute atomic E-state index is 0.0187. The number of sulfonamides is 1. The van der Waals surface area contributed by atoms with Crippen molar-refractivity contribution in [2.24, 2.45) is 0 Å². The average Bonchev–Trinajstić information content (AvgIpc) is 2.83. The molecule has 0 saturated carbocycles. The molecule has 1 N–H and O–H groups in total. The normalized spacial score (nSPS) is 11.3. The molecular weight excluding hydrogens is 511 g/mol. The Labute approximate surface area is 213 Å². The van der Waals surface area contributed by atoms with Gasteiger partial charge in [-0.25, -0.2) is 27.3 Å². The van der Waals surface area contributed by atoms with Crippen LogP contribution in [-0.4, -0.2) is 39.5 Å². The molecule has 0 fully saturated rings. The zero-order valence-electron chi connectivity index (χ0n) is 20.0. The summed E-state index contributed by atoms with van der Waals surface area (Å²) in [5, 5.41) is -0.147. The summed E-state index contributed by atoms with van der Waals surface area (Å²) in [4.78, 5) is 28.4. The van der Waals surface area contributed by atoms with Gasteiger partial charge in [-0.2, -0.15) is 0 Å². The Kier molecular flexibility index (Phi) is 8.31. The van der Waals surface area contributed by atoms with Crippen molar-refractivity contribution in [2.45, 2.75) is 31.1 Å². The zero-order valence-corrected chi connectivity index (χ0v) is 21.5. The van der Waals surface area contributed by atoms with E-state index in [-0.39, 0.29) is 27.8 Å². The number of halogens is 2. The van der Waals surface area contributed by atoms with E-state index in [1.807, 2.05) is 18.6 Å². The van der Waals surface area contributed by atoms with E-state index in [9.17, 15) is 22.4 Å². The monoisotopic (exact) mass is 534 g/mol. The number of benzene rings is 2. The Balaban J connectivity index is 1.97. The molecule has 8 nitrogen and oxygen atoms in total. The standard InChI is InChI=1S/C25H24ClFN2O6S/c1-14(2)19-10-16(27)11-20(15-7-8-28-24(9-15)34-3)21(19)13-23(30)29-36(32,33)17-5-6-18(22(26)12-17)25(31)35-4/h5-12,14H,13H2,1-4H3,(H,29,30). The molecule has 1 aromatic heterocycles. The van der Waals surface area contributed by atoms with Crippen LogP contribution in [0.15, 0.2) is 53.6 Å². The fraction of sp³-hybridized carbons (Fsp3) is 0.240. The van der Waals surface area contributed by atoms with E-state index in [1.54, 1.807) is 12.1 Å². The van der Waals surface area contributed by atoms with Crippen LogP contribution in [0, 0.1) is 5.82 Å². The number of nitrogens with zero attached hydrogens (tertiary/aromatic N) is 1. The summed E-state index contributed by atoms with van der Waals surface area (Å²) in [6.45, 7) is 3.68. The van der Waals surface area contributed by atoms with Crippen molar-refractivity contribution in [2.75, 3.05) is 14.2 Å². The third-order valence-electron chi connectivity index (χ3n) is 5.37. The summed E-state index contributed by atoms with van der Waals surface area (Å²) in [6.07, 6.45) is 1.14. The summed E-state index contributed by atoms with van der Waals surface area (Å²) in [5.74, 6) is -1.92. The highest BCUT2D eigenvalue weighted by atomic mass is 35.5. The molecule has 0 aliphatic rings. The summed E-state index contributed by atoms with van der Waals surface area (Å²) in [7, 11) is -1.71. The Morgan fingerprint density at radius 2 is 1.83 bits per heavy atom. The van der Waals surface area contributed by atoms with Crippen LogP contribution < -0.4 is 9.46 Å². The zero-order chi connectivity index (χ0) is 26.6. The van der Waals surface area contributed by atoms with Crippen molar-refractivity contribution < 1.29 is 31.9 Å². The van der Waals surface area contributed by atoms with Crippen molar-refractivity contribution in [3.63, 3.8) is 0 Å². The summed E-state index contributed by atoms with van der Waals surface area (Å²) in [5.41, 5.74) is 1.97. The topological polar surface area (TPSA) is 112 Å². The first kappa shape index (κ1) is 27.1. The highest BCUT2D eigenvalue weighted by molar-refractivity contribution is 7.90. The highest BCUT2D eigenvalue weighted by Crippen LogP contribution is 2.33. The van der Waals surface area contributed by atoms with Gasteiger partial charge in [0.1, 0.15) is 5.82 Å². The Bertz CT molecular complexity index is 1430. The van der Waals surface area contributed by atoms with Gasteiger partial charge in [0.2, 0.25) is 11.8 Å². The summed E-state index contributed by atoms with van der Waals surface area (Å²) in [6, 6.07) is 9.23. The number of hydrogen-bond donors (Lipinski definition) is 1. The van der Waals surface area contributed by atoms with E-state index in [1.165, 1.54) is 38.6 Å². The molecule has 0 atom stereocenters. The second-order valence-corrected chi connectivity index (χ2v) is 10.2. The van der Waals surface area contributed by atoms with Gasteiger partial charge in [0, 0.05) is 12.3 Å². The van der Waals surface area contributed by atoms with Gasteiger partial charge in [0.05, 0.1) is 36.1 Å². The van der Waals surface area contributed by atoms with Gasteiger partial charge in [-0.3, -0.25) is 4.79 Å². The second-order valence-electron chi connectivity index (χ2n) is 8.10. The molecule has 36 heavy (non-hydrogen) atoms. The molecule has 3 aromatic rings. The third kappa shape index (κ3) is 6.00. The van der Waals surface area contributed by atoms with Gasteiger partial charge in [0.25, 0.3) is 10.0 Å². The summed E-state index contributed by atoms with van der Waals surface area (Å²) >= 11 is 6.03. The van der Waals surface area contributed by atoms with Gasteiger partial charge in [-0.15, -0.1) is 0 Å². The van der Waals surface area contributed by atoms with Crippen LogP contribution in [-0.2, 0) is 26.0 Å². The predicted octanol–water partition coefficient (Wildman–Crippen LogP) is 4.51. The van der Waals surface area contributed by atoms with Gasteiger partial charge in [-0.1, -0.05) is 25.4 Å². The van der Waals surface area contributed by atoms with Crippen molar-refractivity contribution in [3.05, 3.63) is 76.2 Å². The van der Waals surface area contributed by atoms with E-state index in [2.05, 4.69) is 9.72 Å². The number of pyridine rings is 1. The number of nitrogens with one attached hydrogen (secondary N) is 1. The van der Waals surface area contributed by atoms with Crippen molar-refractivity contribution in [3.8, 4) is 17.0 Å². The number of rotatable bonds is 8. The lowest BCUT2D eigenvalue weighted by Crippen LogP contribution is -2.32. The maximum Gasteiger partial charge on any atom is 0.339 e. The lowest BCUT2D eigenvalue weighted by Gasteiger charge is -2.18. The van der Waals surface area contributed by atoms with Crippen LogP contribution in [0.5, 0.6) is 5.88 Å². The molecule has 11 heteroatoms. The molecule has 1 heterocycles. The molecule has 2 aromatic carbocycles. The molecular formula is C25H24ClFN2O6S. The Hall–Kier alpha value is -3.50. The van der Waals surface area contributed by atoms with E-state index in [0.717, 1.165) is 12.1 Å². The number of ether oxygens (including phenoxy) is 2. The number of aromatic nitrogens is 1. The van der Waals surface area contributed by atoms with Crippen molar-refractivity contribution in [1.29, 1.82) is 0 Å². The minimum atomic E-state index is -4.32. The van der Waals surface area contributed by atoms with Crippen LogP contribution in [0.25, 0.3) is 11.1 Å². The van der Waals surface area contributed by atoms with Gasteiger partial charge in [-0.05, 0) is 64.6 Å². The second kappa shape index (κ2) is 11.0. The molecule has 1 amide bonds. The van der Waals surface area contributed by atoms with Crippen LogP contribution in [0.3, 0.4) is 0 Å². The lowest BCUT2D eigenvalue weighted by molar-refractivity contribution is -0.118. The number of esters is 1. The summed E-state index contributed by atoms with van der Waals surface area (Å²) < 4.78 is 52.0. The molecule has 0 unspecified atom stereocenters. The lowest BCUT2D eigenvalue weighted by atomic mass is 9.88. The van der Waals surface area contributed by atoms with E-state index in [0.29, 0.717) is 28.1 Å². The average molecular weight is 535 g/mol. The molecule has 0 radical (unpaired) electrons. The fourth-order valence-corrected chi connectivity index (χ4v) is 4.99. The SMILES string of the molecule is COC(=O)c1ccc(S(=O)(=O)NC(=O)Cc2c(-c3ccnc(OC)c3)cc(F)cc2C(C)C)cc1Cl.